The van der Waals surface area contributed by atoms with Gasteiger partial charge in [-0.1, -0.05) is 60.7 Å². The zero-order valence-electron chi connectivity index (χ0n) is 15.1. The number of nitrogen functional groups attached to an aromatic ring is 1. The van der Waals surface area contributed by atoms with E-state index < -0.39 is 6.04 Å². The lowest BCUT2D eigenvalue weighted by Gasteiger charge is -2.39. The van der Waals surface area contributed by atoms with Crippen LogP contribution in [0.15, 0.2) is 60.7 Å². The van der Waals surface area contributed by atoms with Gasteiger partial charge in [-0.05, 0) is 12.0 Å². The number of likely N-dealkylation sites (tertiary alicyclic amines) is 1. The zero-order chi connectivity index (χ0) is 19.6. The van der Waals surface area contributed by atoms with Crippen molar-refractivity contribution in [2.75, 3.05) is 13.1 Å². The first kappa shape index (κ1) is 20.1. The van der Waals surface area contributed by atoms with E-state index in [1.54, 1.807) is 24.3 Å². The topological polar surface area (TPSA) is 125 Å². The summed E-state index contributed by atoms with van der Waals surface area (Å²) in [5, 5.41) is 10.1. The monoisotopic (exact) mass is 367 g/mol. The van der Waals surface area contributed by atoms with E-state index in [1.165, 1.54) is 4.90 Å². The van der Waals surface area contributed by atoms with Gasteiger partial charge in [-0.25, -0.2) is 0 Å². The van der Waals surface area contributed by atoms with Crippen molar-refractivity contribution in [3.8, 4) is 0 Å². The predicted molar refractivity (Wildman–Crippen MR) is 105 cm³/mol. The van der Waals surface area contributed by atoms with Gasteiger partial charge >= 0.3 is 0 Å². The number of carbonyl (C=O) groups excluding carboxylic acids is 2. The van der Waals surface area contributed by atoms with Gasteiger partial charge in [0.2, 0.25) is 11.8 Å². The minimum atomic E-state index is -0.405. The number of amidine groups is 1. The standard InChI is InChI=1S/C14H19N5O2.C6H6/c15-7-12(20)19-6-5-11(19)14(21)18-8-9-1-3-10(4-2-9)13(16)17;1-2-4-6-5-3-1/h1-4,11H,5-8,15H2,(H3,16,17)(H,18,21);1-6H/t11-;/m0./s1. The van der Waals surface area contributed by atoms with Crippen LogP contribution in [-0.2, 0) is 16.1 Å². The molecular weight excluding hydrogens is 342 g/mol. The molecule has 2 aromatic rings. The highest BCUT2D eigenvalue weighted by Crippen LogP contribution is 2.17. The molecule has 1 atom stereocenters. The molecule has 7 heteroatoms. The molecule has 1 fully saturated rings. The smallest absolute Gasteiger partial charge is 0.243 e. The van der Waals surface area contributed by atoms with E-state index in [4.69, 9.17) is 16.9 Å². The van der Waals surface area contributed by atoms with Crippen LogP contribution >= 0.6 is 0 Å². The highest BCUT2D eigenvalue weighted by Gasteiger charge is 2.36. The number of hydrogen-bond donors (Lipinski definition) is 4. The maximum atomic E-state index is 12.0. The number of hydrogen-bond acceptors (Lipinski definition) is 4. The quantitative estimate of drug-likeness (QED) is 0.461. The van der Waals surface area contributed by atoms with Crippen molar-refractivity contribution in [1.29, 1.82) is 5.41 Å². The predicted octanol–water partition coefficient (Wildman–Crippen LogP) is 0.833. The van der Waals surface area contributed by atoms with Crippen molar-refractivity contribution in [3.05, 3.63) is 71.8 Å². The second-order valence-corrected chi connectivity index (χ2v) is 6.08. The maximum absolute atomic E-state index is 12.0. The largest absolute Gasteiger partial charge is 0.384 e. The molecule has 0 saturated carbocycles. The van der Waals surface area contributed by atoms with Crippen molar-refractivity contribution in [3.63, 3.8) is 0 Å². The van der Waals surface area contributed by atoms with E-state index >= 15 is 0 Å². The Kier molecular flexibility index (Phi) is 7.51. The van der Waals surface area contributed by atoms with Gasteiger partial charge < -0.3 is 21.7 Å². The van der Waals surface area contributed by atoms with Gasteiger partial charge in [0.05, 0.1) is 6.54 Å². The van der Waals surface area contributed by atoms with E-state index in [-0.39, 0.29) is 24.2 Å². The fraction of sp³-hybridized carbons (Fsp3) is 0.250. The molecule has 2 amide bonds. The van der Waals surface area contributed by atoms with Crippen molar-refractivity contribution in [2.45, 2.75) is 19.0 Å². The molecule has 7 nitrogen and oxygen atoms in total. The molecule has 6 N–H and O–H groups in total. The summed E-state index contributed by atoms with van der Waals surface area (Å²) in [6.45, 7) is 0.885. The van der Waals surface area contributed by atoms with Gasteiger partial charge in [-0.3, -0.25) is 15.0 Å². The van der Waals surface area contributed by atoms with E-state index in [0.29, 0.717) is 25.1 Å². The van der Waals surface area contributed by atoms with Gasteiger partial charge in [0.1, 0.15) is 11.9 Å². The Morgan fingerprint density at radius 2 is 1.63 bits per heavy atom. The molecule has 1 saturated heterocycles. The minimum absolute atomic E-state index is 0.0102. The number of rotatable bonds is 5. The Bertz CT molecular complexity index is 735. The molecule has 1 heterocycles. The van der Waals surface area contributed by atoms with Crippen molar-refractivity contribution in [1.82, 2.24) is 10.2 Å². The second-order valence-electron chi connectivity index (χ2n) is 6.08. The number of carbonyl (C=O) groups is 2. The third-order valence-electron chi connectivity index (χ3n) is 4.22. The first-order chi connectivity index (χ1) is 13.0. The summed E-state index contributed by atoms with van der Waals surface area (Å²) in [5.41, 5.74) is 12.2. The zero-order valence-corrected chi connectivity index (χ0v) is 15.1. The number of benzene rings is 2. The summed E-state index contributed by atoms with van der Waals surface area (Å²) >= 11 is 0. The molecule has 27 heavy (non-hydrogen) atoms. The van der Waals surface area contributed by atoms with Gasteiger partial charge in [-0.2, -0.15) is 0 Å². The number of nitrogens with one attached hydrogen (secondary N) is 2. The van der Waals surface area contributed by atoms with Crippen LogP contribution in [0, 0.1) is 5.41 Å². The molecule has 0 aromatic heterocycles. The molecular formula is C20H25N5O2. The Morgan fingerprint density at radius 3 is 2.04 bits per heavy atom. The van der Waals surface area contributed by atoms with Crippen LogP contribution in [0.3, 0.4) is 0 Å². The highest BCUT2D eigenvalue weighted by molar-refractivity contribution is 5.95. The molecule has 3 rings (SSSR count). The van der Waals surface area contributed by atoms with Crippen LogP contribution in [0.1, 0.15) is 17.5 Å². The Labute approximate surface area is 158 Å². The average molecular weight is 367 g/mol. The Morgan fingerprint density at radius 1 is 1.07 bits per heavy atom. The van der Waals surface area contributed by atoms with Gasteiger partial charge in [-0.15, -0.1) is 0 Å². The van der Waals surface area contributed by atoms with Crippen LogP contribution < -0.4 is 16.8 Å². The molecule has 0 unspecified atom stereocenters. The van der Waals surface area contributed by atoms with Gasteiger partial charge in [0, 0.05) is 18.7 Å². The lowest BCUT2D eigenvalue weighted by molar-refractivity contribution is -0.146. The summed E-state index contributed by atoms with van der Waals surface area (Å²) in [6, 6.07) is 18.7. The normalized spacial score (nSPS) is 15.0. The molecule has 0 bridgehead atoms. The first-order valence-electron chi connectivity index (χ1n) is 8.73. The van der Waals surface area contributed by atoms with Crippen LogP contribution in [0.5, 0.6) is 0 Å². The molecule has 1 aliphatic heterocycles. The summed E-state index contributed by atoms with van der Waals surface area (Å²) in [5.74, 6) is -0.359. The van der Waals surface area contributed by atoms with Crippen LogP contribution in [0.4, 0.5) is 0 Å². The summed E-state index contributed by atoms with van der Waals surface area (Å²) in [6.07, 6.45) is 0.668. The number of nitrogens with two attached hydrogens (primary N) is 2. The molecule has 0 aliphatic carbocycles. The van der Waals surface area contributed by atoms with Crippen LogP contribution in [0.2, 0.25) is 0 Å². The van der Waals surface area contributed by atoms with E-state index in [9.17, 15) is 9.59 Å². The Hall–Kier alpha value is -3.19. The third-order valence-corrected chi connectivity index (χ3v) is 4.22. The molecule has 142 valence electrons. The average Bonchev–Trinajstić information content (AvgIpc) is 2.67. The van der Waals surface area contributed by atoms with Gasteiger partial charge in [0.15, 0.2) is 0 Å². The number of amides is 2. The van der Waals surface area contributed by atoms with E-state index in [2.05, 4.69) is 5.32 Å². The maximum Gasteiger partial charge on any atom is 0.243 e. The number of nitrogens with zero attached hydrogens (tertiary/aromatic N) is 1. The molecule has 0 spiro atoms. The molecule has 1 aliphatic rings. The first-order valence-corrected chi connectivity index (χ1v) is 8.73. The second kappa shape index (κ2) is 10.1. The summed E-state index contributed by atoms with van der Waals surface area (Å²) in [4.78, 5) is 25.0. The van der Waals surface area contributed by atoms with Gasteiger partial charge in [0.25, 0.3) is 0 Å². The highest BCUT2D eigenvalue weighted by atomic mass is 16.2. The van der Waals surface area contributed by atoms with Crippen molar-refractivity contribution >= 4 is 17.6 Å². The van der Waals surface area contributed by atoms with E-state index in [0.717, 1.165) is 5.56 Å². The molecule has 2 aromatic carbocycles. The summed E-state index contributed by atoms with van der Waals surface area (Å²) < 4.78 is 0. The third kappa shape index (κ3) is 5.93. The fourth-order valence-corrected chi connectivity index (χ4v) is 2.57. The van der Waals surface area contributed by atoms with Crippen molar-refractivity contribution in [2.24, 2.45) is 11.5 Å². The Balaban J connectivity index is 0.000000369. The fourth-order valence-electron chi connectivity index (χ4n) is 2.57. The SMILES string of the molecule is N=C(N)c1ccc(CNC(=O)[C@@H]2CCN2C(=O)CN)cc1.c1ccccc1. The lowest BCUT2D eigenvalue weighted by atomic mass is 10.0. The van der Waals surface area contributed by atoms with Crippen LogP contribution in [-0.4, -0.2) is 41.7 Å². The molecule has 0 radical (unpaired) electrons. The minimum Gasteiger partial charge on any atom is -0.384 e. The summed E-state index contributed by atoms with van der Waals surface area (Å²) in [7, 11) is 0. The van der Waals surface area contributed by atoms with Crippen LogP contribution in [0.25, 0.3) is 0 Å². The lowest BCUT2D eigenvalue weighted by Crippen LogP contribution is -2.59. The van der Waals surface area contributed by atoms with Crippen molar-refractivity contribution < 1.29 is 9.59 Å². The van der Waals surface area contributed by atoms with E-state index in [1.807, 2.05) is 36.4 Å².